The van der Waals surface area contributed by atoms with E-state index in [1.165, 1.54) is 6.07 Å². The van der Waals surface area contributed by atoms with Crippen molar-refractivity contribution in [1.82, 2.24) is 0 Å². The summed E-state index contributed by atoms with van der Waals surface area (Å²) in [6.45, 7) is 0. The Morgan fingerprint density at radius 1 is 1.12 bits per heavy atom. The van der Waals surface area contributed by atoms with E-state index in [1.54, 1.807) is 69.0 Å². The summed E-state index contributed by atoms with van der Waals surface area (Å²) in [6, 6.07) is 1.33. The maximum Gasteiger partial charge on any atom is 1.00 e. The summed E-state index contributed by atoms with van der Waals surface area (Å²) in [4.78, 5) is 10.9. The van der Waals surface area contributed by atoms with Crippen molar-refractivity contribution in [2.75, 3.05) is 0 Å². The molecule has 0 unspecified atom stereocenters. The third kappa shape index (κ3) is 4.85. The summed E-state index contributed by atoms with van der Waals surface area (Å²) in [5, 5.41) is 10.9. The summed E-state index contributed by atoms with van der Waals surface area (Å²) >= 11 is 6.78. The Bertz CT molecular complexity index is 427. The van der Waals surface area contributed by atoms with Crippen molar-refractivity contribution in [3.05, 3.63) is 15.2 Å². The number of hydrogen-bond donors (Lipinski definition) is 0. The van der Waals surface area contributed by atoms with Gasteiger partial charge in [0.05, 0.1) is 9.54 Å². The molecule has 0 heterocycles. The Kier molecular flexibility index (Phi) is 11.0. The molecule has 0 spiro atoms. The first kappa shape index (κ1) is 19.6. The van der Waals surface area contributed by atoms with E-state index in [-0.39, 0.29) is 62.7 Å². The minimum Gasteiger partial charge on any atom is -0.545 e. The van der Waals surface area contributed by atoms with Gasteiger partial charge in [-0.05, 0) is 28.7 Å². The van der Waals surface area contributed by atoms with Crippen LogP contribution in [0.1, 0.15) is 10.4 Å². The Morgan fingerprint density at radius 3 is 2.00 bits per heavy atom. The van der Waals surface area contributed by atoms with Gasteiger partial charge in [-0.1, -0.05) is 0 Å². The van der Waals surface area contributed by atoms with Crippen LogP contribution in [0.25, 0.3) is 0 Å². The van der Waals surface area contributed by atoms with Gasteiger partial charge in [-0.3, -0.25) is 0 Å². The maximum absolute atomic E-state index is 10.9. The topological polar surface area (TPSA) is 67.8 Å². The van der Waals surface area contributed by atoms with Crippen LogP contribution >= 0.6 is 91.6 Å². The van der Waals surface area contributed by atoms with Crippen molar-refractivity contribution in [3.8, 4) is 17.2 Å². The van der Waals surface area contributed by atoms with Gasteiger partial charge in [-0.15, -0.1) is 0 Å². The molecule has 1 aromatic carbocycles. The molecule has 0 N–H and O–H groups in total. The van der Waals surface area contributed by atoms with Crippen LogP contribution in [0.3, 0.4) is 0 Å². The van der Waals surface area contributed by atoms with Crippen molar-refractivity contribution in [2.24, 2.45) is 0 Å². The molecule has 0 saturated heterocycles. The number of aromatic carboxylic acids is 1. The van der Waals surface area contributed by atoms with Gasteiger partial charge in [-0.2, -0.15) is 0 Å². The van der Waals surface area contributed by atoms with Gasteiger partial charge in [0.2, 0.25) is 5.75 Å². The quantitative estimate of drug-likeness (QED) is 0.322. The minimum absolute atomic E-state index is 0. The number of carbonyl (C=O) groups is 1. The second-order valence-corrected chi connectivity index (χ2v) is 4.81. The molecule has 0 saturated carbocycles. The van der Waals surface area contributed by atoms with Gasteiger partial charge >= 0.3 is 51.4 Å². The number of carboxylic acid groups (broad SMARTS) is 1. The third-order valence-corrected chi connectivity index (χ3v) is 4.02. The smallest absolute Gasteiger partial charge is 0.545 e. The van der Waals surface area contributed by atoms with Crippen molar-refractivity contribution in [2.45, 2.75) is 0 Å². The molecule has 10 heteroatoms. The standard InChI is InChI=1S/C7H2I4O5.K/c8-4-2(7(12)13)1-3(14-9)5(15-10)6(4)16-11;/h1H,(H,12,13);/q;+1/p-1. The van der Waals surface area contributed by atoms with Crippen molar-refractivity contribution in [3.63, 3.8) is 0 Å². The van der Waals surface area contributed by atoms with Crippen LogP contribution in [0.15, 0.2) is 6.07 Å². The zero-order valence-corrected chi connectivity index (χ0v) is 19.9. The van der Waals surface area contributed by atoms with Crippen LogP contribution in [-0.4, -0.2) is 5.97 Å². The molecule has 1 aromatic rings. The molecular formula is C7HI4KO5. The number of rotatable bonds is 4. The first-order valence-electron chi connectivity index (χ1n) is 3.50. The predicted octanol–water partition coefficient (Wildman–Crippen LogP) is -0.155. The fraction of sp³-hybridized carbons (Fsp3) is 0. The summed E-state index contributed by atoms with van der Waals surface area (Å²) < 4.78 is 15.5. The average Bonchev–Trinajstić information content (AvgIpc) is 2.27. The molecule has 5 nitrogen and oxygen atoms in total. The predicted molar refractivity (Wildman–Crippen MR) is 87.4 cm³/mol. The van der Waals surface area contributed by atoms with Gasteiger partial charge in [0.25, 0.3) is 0 Å². The van der Waals surface area contributed by atoms with Crippen LogP contribution in [0.5, 0.6) is 17.2 Å². The van der Waals surface area contributed by atoms with Gasteiger partial charge in [0, 0.05) is 5.56 Å². The molecule has 0 aliphatic carbocycles. The molecule has 0 fully saturated rings. The zero-order valence-electron chi connectivity index (χ0n) is 8.13. The first-order chi connectivity index (χ1) is 7.56. The normalized spacial score (nSPS) is 9.18. The van der Waals surface area contributed by atoms with E-state index in [0.29, 0.717) is 15.1 Å². The molecule has 0 amide bonds. The van der Waals surface area contributed by atoms with E-state index >= 15 is 0 Å². The number of benzene rings is 1. The first-order valence-corrected chi connectivity index (χ1v) is 7.22. The second-order valence-electron chi connectivity index (χ2n) is 2.41. The average molecular weight is 712 g/mol. The fourth-order valence-electron chi connectivity index (χ4n) is 0.942. The second kappa shape index (κ2) is 9.56. The number of hydrogen-bond acceptors (Lipinski definition) is 5. The Balaban J connectivity index is 0.00000256. The number of halogens is 4. The SMILES string of the molecule is O=C([O-])c1cc(OI)c(OI)c(OI)c1I.[K+]. The summed E-state index contributed by atoms with van der Waals surface area (Å²) in [7, 11) is 0. The molecule has 0 bridgehead atoms. The molecule has 0 aliphatic rings. The van der Waals surface area contributed by atoms with Gasteiger partial charge in [-0.25, -0.2) is 0 Å². The van der Waals surface area contributed by atoms with Gasteiger partial charge in [0.15, 0.2) is 80.5 Å². The van der Waals surface area contributed by atoms with Gasteiger partial charge in [0.1, 0.15) is 0 Å². The van der Waals surface area contributed by atoms with Crippen LogP contribution in [0, 0.1) is 3.57 Å². The fourth-order valence-corrected chi connectivity index (χ4v) is 3.26. The van der Waals surface area contributed by atoms with Crippen LogP contribution in [0.4, 0.5) is 0 Å². The van der Waals surface area contributed by atoms with E-state index in [2.05, 4.69) is 0 Å². The number of carboxylic acids is 1. The molecule has 0 aromatic heterocycles. The monoisotopic (exact) mass is 712 g/mol. The third-order valence-electron chi connectivity index (χ3n) is 1.60. The van der Waals surface area contributed by atoms with Crippen molar-refractivity contribution in [1.29, 1.82) is 0 Å². The van der Waals surface area contributed by atoms with Crippen LogP contribution in [0.2, 0.25) is 0 Å². The van der Waals surface area contributed by atoms with E-state index < -0.39 is 5.97 Å². The summed E-state index contributed by atoms with van der Waals surface area (Å²) in [6.07, 6.45) is 0. The zero-order chi connectivity index (χ0) is 12.3. The number of carbonyl (C=O) groups excluding carboxylic acids is 1. The molecule has 17 heavy (non-hydrogen) atoms. The summed E-state index contributed by atoms with van der Waals surface area (Å²) in [5.74, 6) is -0.405. The van der Waals surface area contributed by atoms with E-state index in [9.17, 15) is 9.90 Å². The Hall–Kier alpha value is 2.65. The maximum atomic E-state index is 10.9. The minimum atomic E-state index is -1.30. The van der Waals surface area contributed by atoms with Crippen LogP contribution < -0.4 is 65.7 Å². The van der Waals surface area contributed by atoms with Crippen molar-refractivity contribution >= 4 is 97.6 Å². The Labute approximate surface area is 196 Å². The van der Waals surface area contributed by atoms with Crippen LogP contribution in [-0.2, 0) is 0 Å². The van der Waals surface area contributed by atoms with E-state index in [1.807, 2.05) is 22.6 Å². The molecule has 1 rings (SSSR count). The van der Waals surface area contributed by atoms with E-state index in [0.717, 1.165) is 0 Å². The molecule has 88 valence electrons. The van der Waals surface area contributed by atoms with Gasteiger partial charge < -0.3 is 19.1 Å². The van der Waals surface area contributed by atoms with Crippen molar-refractivity contribution < 1.29 is 70.5 Å². The van der Waals surface area contributed by atoms with E-state index in [4.69, 9.17) is 9.20 Å². The molecule has 0 radical (unpaired) electrons. The summed E-state index contributed by atoms with van der Waals surface area (Å²) in [5.41, 5.74) is -0.00358. The largest absolute Gasteiger partial charge is 1.00 e. The molecular weight excluding hydrogens is 711 g/mol. The molecule has 0 aliphatic heterocycles. The molecule has 0 atom stereocenters. The Morgan fingerprint density at radius 2 is 1.65 bits per heavy atom.